The second kappa shape index (κ2) is 10.6. The van der Waals surface area contributed by atoms with E-state index < -0.39 is 0 Å². The van der Waals surface area contributed by atoms with Gasteiger partial charge in [-0.15, -0.1) is 0 Å². The zero-order valence-corrected chi connectivity index (χ0v) is 21.6. The van der Waals surface area contributed by atoms with Crippen LogP contribution < -0.4 is 0 Å². The van der Waals surface area contributed by atoms with Gasteiger partial charge in [0.25, 0.3) is 0 Å². The molecule has 0 unspecified atom stereocenters. The Morgan fingerprint density at radius 2 is 1.03 bits per heavy atom. The monoisotopic (exact) mass is 474 g/mol. The molecule has 2 aromatic carbocycles. The Hall–Kier alpha value is -3.60. The van der Waals surface area contributed by atoms with Gasteiger partial charge in [-0.2, -0.15) is 21.0 Å². The first-order valence-electron chi connectivity index (χ1n) is 13.4. The van der Waals surface area contributed by atoms with E-state index in [1.807, 2.05) is 18.2 Å². The van der Waals surface area contributed by atoms with Crippen LogP contribution in [0.15, 0.2) is 24.3 Å². The van der Waals surface area contributed by atoms with Gasteiger partial charge in [0.05, 0.1) is 22.3 Å². The summed E-state index contributed by atoms with van der Waals surface area (Å²) < 4.78 is 0. The Bertz CT molecular complexity index is 1300. The van der Waals surface area contributed by atoms with Gasteiger partial charge < -0.3 is 0 Å². The summed E-state index contributed by atoms with van der Waals surface area (Å²) >= 11 is 0. The summed E-state index contributed by atoms with van der Waals surface area (Å²) in [6.45, 7) is 4.33. The molecule has 182 valence electrons. The number of nitrogens with zero attached hydrogens (tertiary/aromatic N) is 4. The van der Waals surface area contributed by atoms with E-state index >= 15 is 0 Å². The lowest BCUT2D eigenvalue weighted by Gasteiger charge is -2.54. The summed E-state index contributed by atoms with van der Waals surface area (Å²) in [5.74, 6) is 0. The first kappa shape index (κ1) is 25.5. The van der Waals surface area contributed by atoms with Crippen molar-refractivity contribution < 1.29 is 0 Å². The number of hydrogen-bond donors (Lipinski definition) is 0. The largest absolute Gasteiger partial charge is 0.192 e. The fourth-order valence-corrected chi connectivity index (χ4v) is 7.01. The Morgan fingerprint density at radius 1 is 0.583 bits per heavy atom. The number of nitriles is 4. The van der Waals surface area contributed by atoms with Crippen molar-refractivity contribution in [1.29, 1.82) is 21.0 Å². The Kier molecular flexibility index (Phi) is 7.48. The topological polar surface area (TPSA) is 95.2 Å². The van der Waals surface area contributed by atoms with Crippen LogP contribution in [-0.2, 0) is 24.7 Å². The highest BCUT2D eigenvalue weighted by Crippen LogP contribution is 2.60. The lowest BCUT2D eigenvalue weighted by molar-refractivity contribution is 0.0319. The number of benzene rings is 2. The molecule has 0 amide bonds. The fourth-order valence-electron chi connectivity index (χ4n) is 7.01. The predicted octanol–water partition coefficient (Wildman–Crippen LogP) is 7.30. The lowest BCUT2D eigenvalue weighted by atomic mass is 9.50. The molecule has 36 heavy (non-hydrogen) atoms. The molecule has 5 rings (SSSR count). The zero-order valence-electron chi connectivity index (χ0n) is 21.6. The molecule has 3 fully saturated rings. The normalized spacial score (nSPS) is 22.3. The van der Waals surface area contributed by atoms with Gasteiger partial charge in [-0.05, 0) is 97.3 Å². The Balaban J connectivity index is 1.64. The Morgan fingerprint density at radius 3 is 1.47 bits per heavy atom. The van der Waals surface area contributed by atoms with Gasteiger partial charge in [-0.1, -0.05) is 51.0 Å². The van der Waals surface area contributed by atoms with E-state index in [4.69, 9.17) is 0 Å². The fraction of sp³-hybridized carbons (Fsp3) is 0.500. The molecule has 0 aliphatic heterocycles. The third kappa shape index (κ3) is 4.39. The van der Waals surface area contributed by atoms with E-state index in [0.717, 1.165) is 54.4 Å². The molecule has 0 N–H and O–H groups in total. The quantitative estimate of drug-likeness (QED) is 0.401. The average molecular weight is 475 g/mol. The molecule has 0 heterocycles. The van der Waals surface area contributed by atoms with Crippen LogP contribution in [0.2, 0.25) is 0 Å². The van der Waals surface area contributed by atoms with Gasteiger partial charge in [0.1, 0.15) is 24.3 Å². The van der Waals surface area contributed by atoms with Gasteiger partial charge in [0.15, 0.2) is 0 Å². The van der Waals surface area contributed by atoms with Crippen molar-refractivity contribution in [2.24, 2.45) is 5.41 Å². The summed E-state index contributed by atoms with van der Waals surface area (Å²) in [6, 6.07) is 17.3. The SMILES string of the molecule is CCCc1ccc(CCc2ccc(C34CCC(CCC)(CC3)CC4)c(C#N)c2C#N)c(C#N)c1C#N. The average Bonchev–Trinajstić information content (AvgIpc) is 2.92. The molecule has 3 aliphatic rings. The minimum atomic E-state index is 0.0233. The van der Waals surface area contributed by atoms with E-state index in [-0.39, 0.29) is 5.41 Å². The molecular formula is C32H34N4. The van der Waals surface area contributed by atoms with Crippen molar-refractivity contribution in [3.8, 4) is 24.3 Å². The molecule has 3 aliphatic carbocycles. The second-order valence-corrected chi connectivity index (χ2v) is 10.9. The highest BCUT2D eigenvalue weighted by Gasteiger charge is 2.49. The number of hydrogen-bond acceptors (Lipinski definition) is 4. The van der Waals surface area contributed by atoms with Crippen molar-refractivity contribution >= 4 is 0 Å². The van der Waals surface area contributed by atoms with Crippen molar-refractivity contribution in [1.82, 2.24) is 0 Å². The third-order valence-electron chi connectivity index (χ3n) is 9.05. The van der Waals surface area contributed by atoms with E-state index in [1.165, 1.54) is 32.1 Å². The van der Waals surface area contributed by atoms with Gasteiger partial charge in [-0.25, -0.2) is 0 Å². The molecule has 0 spiro atoms. The van der Waals surface area contributed by atoms with Crippen LogP contribution in [0.25, 0.3) is 0 Å². The number of aryl methyl sites for hydroxylation is 3. The molecule has 2 bridgehead atoms. The summed E-state index contributed by atoms with van der Waals surface area (Å²) in [4.78, 5) is 0. The maximum absolute atomic E-state index is 10.2. The summed E-state index contributed by atoms with van der Waals surface area (Å²) in [6.07, 6.45) is 12.3. The van der Waals surface area contributed by atoms with Crippen molar-refractivity contribution in [3.63, 3.8) is 0 Å². The highest BCUT2D eigenvalue weighted by atomic mass is 14.5. The molecule has 0 saturated heterocycles. The smallest absolute Gasteiger partial charge is 0.101 e. The van der Waals surface area contributed by atoms with Crippen LogP contribution >= 0.6 is 0 Å². The lowest BCUT2D eigenvalue weighted by Crippen LogP contribution is -2.44. The minimum Gasteiger partial charge on any atom is -0.192 e. The molecule has 2 aromatic rings. The second-order valence-electron chi connectivity index (χ2n) is 10.9. The number of fused-ring (bicyclic) bond motifs is 3. The molecule has 0 radical (unpaired) electrons. The van der Waals surface area contributed by atoms with Gasteiger partial charge in [0, 0.05) is 0 Å². The maximum Gasteiger partial charge on any atom is 0.101 e. The standard InChI is InChI=1S/C32H34N4/c1-3-5-23-6-7-24(27(20-34)26(23)19-33)8-9-25-10-11-30(29(22-36)28(25)21-35)32-16-13-31(12-4-2,14-17-32)15-18-32/h6-7,10-11H,3-5,8-9,12-18H2,1-2H3. The van der Waals surface area contributed by atoms with Crippen LogP contribution in [0.3, 0.4) is 0 Å². The molecule has 0 aromatic heterocycles. The molecule has 4 nitrogen and oxygen atoms in total. The summed E-state index contributed by atoms with van der Waals surface area (Å²) in [5.41, 5.74) is 6.13. The van der Waals surface area contributed by atoms with E-state index in [2.05, 4.69) is 44.2 Å². The van der Waals surface area contributed by atoms with Gasteiger partial charge >= 0.3 is 0 Å². The van der Waals surface area contributed by atoms with E-state index in [9.17, 15) is 21.0 Å². The van der Waals surface area contributed by atoms with Crippen LogP contribution in [0.5, 0.6) is 0 Å². The van der Waals surface area contributed by atoms with Crippen molar-refractivity contribution in [2.45, 2.75) is 96.3 Å². The van der Waals surface area contributed by atoms with Gasteiger partial charge in [-0.3, -0.25) is 0 Å². The van der Waals surface area contributed by atoms with Crippen molar-refractivity contribution in [2.75, 3.05) is 0 Å². The molecule has 3 saturated carbocycles. The molecular weight excluding hydrogens is 440 g/mol. The maximum atomic E-state index is 10.2. The predicted molar refractivity (Wildman–Crippen MR) is 140 cm³/mol. The van der Waals surface area contributed by atoms with Crippen molar-refractivity contribution in [3.05, 3.63) is 68.8 Å². The first-order chi connectivity index (χ1) is 17.5. The zero-order chi connectivity index (χ0) is 25.8. The first-order valence-corrected chi connectivity index (χ1v) is 13.4. The van der Waals surface area contributed by atoms with E-state index in [0.29, 0.717) is 40.5 Å². The van der Waals surface area contributed by atoms with Gasteiger partial charge in [0.2, 0.25) is 0 Å². The third-order valence-corrected chi connectivity index (χ3v) is 9.05. The molecule has 0 atom stereocenters. The van der Waals surface area contributed by atoms with Crippen LogP contribution in [0, 0.1) is 50.7 Å². The highest BCUT2D eigenvalue weighted by molar-refractivity contribution is 5.58. The van der Waals surface area contributed by atoms with Crippen LogP contribution in [0.1, 0.15) is 116 Å². The van der Waals surface area contributed by atoms with Crippen LogP contribution in [-0.4, -0.2) is 0 Å². The summed E-state index contributed by atoms with van der Waals surface area (Å²) in [5, 5.41) is 39.8. The van der Waals surface area contributed by atoms with Crippen LogP contribution in [0.4, 0.5) is 0 Å². The number of rotatable bonds is 8. The minimum absolute atomic E-state index is 0.0233. The summed E-state index contributed by atoms with van der Waals surface area (Å²) in [7, 11) is 0. The van der Waals surface area contributed by atoms with E-state index in [1.54, 1.807) is 0 Å². The Labute approximate surface area is 215 Å². The molecule has 4 heteroatoms.